The standard InChI is InChI=1S/C22H24FN3O3S/c1-16-5-12-20(13-6-16)30(27,28)26-19(3-2-4-22-25-24-15-29-22)11-14-21(26)17-7-9-18(23)10-8-17/h5-10,12-13,15,19,21H,2-4,11,14H2,1H3. The van der Waals surface area contributed by atoms with Crippen molar-refractivity contribution >= 4 is 10.0 Å². The number of benzene rings is 2. The summed E-state index contributed by atoms with van der Waals surface area (Å²) in [5.41, 5.74) is 1.81. The fourth-order valence-electron chi connectivity index (χ4n) is 4.12. The average Bonchev–Trinajstić information content (AvgIpc) is 3.39. The zero-order valence-electron chi connectivity index (χ0n) is 16.7. The lowest BCUT2D eigenvalue weighted by Gasteiger charge is -2.30. The van der Waals surface area contributed by atoms with Gasteiger partial charge in [-0.05, 0) is 62.4 Å². The first-order valence-corrected chi connectivity index (χ1v) is 11.5. The molecule has 3 aromatic rings. The molecule has 8 heteroatoms. The van der Waals surface area contributed by atoms with Crippen LogP contribution in [0, 0.1) is 12.7 Å². The lowest BCUT2D eigenvalue weighted by Crippen LogP contribution is -2.37. The van der Waals surface area contributed by atoms with Gasteiger partial charge in [0, 0.05) is 12.5 Å². The second-order valence-electron chi connectivity index (χ2n) is 7.67. The van der Waals surface area contributed by atoms with Crippen LogP contribution in [-0.2, 0) is 16.4 Å². The van der Waals surface area contributed by atoms with E-state index in [1.165, 1.54) is 18.5 Å². The van der Waals surface area contributed by atoms with Gasteiger partial charge in [0.2, 0.25) is 22.3 Å². The molecule has 0 N–H and O–H groups in total. The van der Waals surface area contributed by atoms with Crippen LogP contribution in [0.4, 0.5) is 4.39 Å². The minimum absolute atomic E-state index is 0.144. The Bertz CT molecular complexity index is 1070. The van der Waals surface area contributed by atoms with Gasteiger partial charge in [-0.2, -0.15) is 4.31 Å². The van der Waals surface area contributed by atoms with Crippen molar-refractivity contribution in [3.63, 3.8) is 0 Å². The Labute approximate surface area is 175 Å². The molecule has 6 nitrogen and oxygen atoms in total. The topological polar surface area (TPSA) is 76.3 Å². The maximum atomic E-state index is 13.6. The van der Waals surface area contributed by atoms with Crippen LogP contribution < -0.4 is 0 Å². The van der Waals surface area contributed by atoms with Gasteiger partial charge in [-0.1, -0.05) is 29.8 Å². The zero-order valence-corrected chi connectivity index (χ0v) is 17.6. The molecule has 0 bridgehead atoms. The summed E-state index contributed by atoms with van der Waals surface area (Å²) in [6.07, 6.45) is 4.77. The van der Waals surface area contributed by atoms with E-state index in [1.54, 1.807) is 40.7 Å². The summed E-state index contributed by atoms with van der Waals surface area (Å²) >= 11 is 0. The molecule has 30 heavy (non-hydrogen) atoms. The summed E-state index contributed by atoms with van der Waals surface area (Å²) in [5, 5.41) is 7.57. The van der Waals surface area contributed by atoms with Crippen molar-refractivity contribution in [3.8, 4) is 0 Å². The van der Waals surface area contributed by atoms with Gasteiger partial charge in [0.15, 0.2) is 0 Å². The third kappa shape index (κ3) is 4.29. The molecule has 0 radical (unpaired) electrons. The molecule has 1 saturated heterocycles. The molecule has 2 heterocycles. The van der Waals surface area contributed by atoms with Gasteiger partial charge in [0.25, 0.3) is 0 Å². The third-order valence-electron chi connectivity index (χ3n) is 5.62. The monoisotopic (exact) mass is 429 g/mol. The van der Waals surface area contributed by atoms with Gasteiger partial charge < -0.3 is 4.42 Å². The van der Waals surface area contributed by atoms with Crippen LogP contribution in [0.25, 0.3) is 0 Å². The predicted molar refractivity (Wildman–Crippen MR) is 110 cm³/mol. The molecular weight excluding hydrogens is 405 g/mol. The SMILES string of the molecule is Cc1ccc(S(=O)(=O)N2C(CCCc3nnco3)CCC2c2ccc(F)cc2)cc1. The average molecular weight is 430 g/mol. The number of hydrogen-bond acceptors (Lipinski definition) is 5. The minimum Gasteiger partial charge on any atom is -0.428 e. The fourth-order valence-corrected chi connectivity index (χ4v) is 6.01. The maximum absolute atomic E-state index is 13.6. The highest BCUT2D eigenvalue weighted by Gasteiger charge is 2.42. The Balaban J connectivity index is 1.62. The van der Waals surface area contributed by atoms with E-state index in [-0.39, 0.29) is 22.8 Å². The molecule has 0 amide bonds. The Morgan fingerprint density at radius 1 is 1.10 bits per heavy atom. The minimum atomic E-state index is -3.71. The second kappa shape index (κ2) is 8.65. The second-order valence-corrected chi connectivity index (χ2v) is 9.51. The molecule has 1 aliphatic heterocycles. The largest absolute Gasteiger partial charge is 0.428 e. The van der Waals surface area contributed by atoms with Crippen LogP contribution >= 0.6 is 0 Å². The molecule has 2 aromatic carbocycles. The Morgan fingerprint density at radius 3 is 2.50 bits per heavy atom. The Morgan fingerprint density at radius 2 is 1.83 bits per heavy atom. The Hall–Kier alpha value is -2.58. The summed E-state index contributed by atoms with van der Waals surface area (Å²) in [5.74, 6) is 0.219. The zero-order chi connectivity index (χ0) is 21.1. The molecule has 2 atom stereocenters. The number of sulfonamides is 1. The Kier molecular flexibility index (Phi) is 5.97. The number of rotatable bonds is 7. The molecule has 0 aliphatic carbocycles. The molecule has 1 aromatic heterocycles. The van der Waals surface area contributed by atoms with E-state index in [0.29, 0.717) is 25.2 Å². The van der Waals surface area contributed by atoms with Crippen molar-refractivity contribution in [1.29, 1.82) is 0 Å². The molecule has 4 rings (SSSR count). The van der Waals surface area contributed by atoms with Gasteiger partial charge >= 0.3 is 0 Å². The number of hydrogen-bond donors (Lipinski definition) is 0. The first kappa shape index (κ1) is 20.7. The summed E-state index contributed by atoms with van der Waals surface area (Å²) in [6, 6.07) is 12.6. The molecule has 0 saturated carbocycles. The van der Waals surface area contributed by atoms with Crippen molar-refractivity contribution in [3.05, 3.63) is 77.8 Å². The van der Waals surface area contributed by atoms with Gasteiger partial charge in [0.05, 0.1) is 10.9 Å². The molecule has 158 valence electrons. The molecule has 1 fully saturated rings. The quantitative estimate of drug-likeness (QED) is 0.555. The molecular formula is C22H24FN3O3S. The first-order chi connectivity index (χ1) is 14.4. The molecule has 1 aliphatic rings. The van der Waals surface area contributed by atoms with Crippen molar-refractivity contribution < 1.29 is 17.2 Å². The third-order valence-corrected chi connectivity index (χ3v) is 7.60. The van der Waals surface area contributed by atoms with E-state index in [0.717, 1.165) is 24.0 Å². The number of halogens is 1. The predicted octanol–water partition coefficient (Wildman–Crippen LogP) is 4.43. The van der Waals surface area contributed by atoms with Gasteiger partial charge in [-0.25, -0.2) is 12.8 Å². The van der Waals surface area contributed by atoms with Crippen LogP contribution in [0.3, 0.4) is 0 Å². The van der Waals surface area contributed by atoms with E-state index in [1.807, 2.05) is 6.92 Å². The van der Waals surface area contributed by atoms with Crippen LogP contribution in [0.15, 0.2) is 64.2 Å². The van der Waals surface area contributed by atoms with Crippen molar-refractivity contribution in [2.45, 2.75) is 56.0 Å². The van der Waals surface area contributed by atoms with Crippen LogP contribution in [0.1, 0.15) is 48.7 Å². The highest BCUT2D eigenvalue weighted by atomic mass is 32.2. The van der Waals surface area contributed by atoms with Crippen molar-refractivity contribution in [1.82, 2.24) is 14.5 Å². The van der Waals surface area contributed by atoms with Crippen molar-refractivity contribution in [2.75, 3.05) is 0 Å². The smallest absolute Gasteiger partial charge is 0.243 e. The van der Waals surface area contributed by atoms with Gasteiger partial charge in [-0.3, -0.25) is 0 Å². The van der Waals surface area contributed by atoms with Crippen LogP contribution in [0.2, 0.25) is 0 Å². The normalized spacial score (nSPS) is 19.9. The van der Waals surface area contributed by atoms with Gasteiger partial charge in [0.1, 0.15) is 5.82 Å². The van der Waals surface area contributed by atoms with E-state index in [4.69, 9.17) is 4.42 Å². The van der Waals surface area contributed by atoms with E-state index in [9.17, 15) is 12.8 Å². The van der Waals surface area contributed by atoms with Gasteiger partial charge in [-0.15, -0.1) is 10.2 Å². The maximum Gasteiger partial charge on any atom is 0.243 e. The van der Waals surface area contributed by atoms with Crippen molar-refractivity contribution in [2.24, 2.45) is 0 Å². The van der Waals surface area contributed by atoms with Crippen LogP contribution in [-0.4, -0.2) is 29.0 Å². The summed E-state index contributed by atoms with van der Waals surface area (Å²) in [4.78, 5) is 0.281. The number of nitrogens with zero attached hydrogens (tertiary/aromatic N) is 3. The summed E-state index contributed by atoms with van der Waals surface area (Å²) in [7, 11) is -3.71. The number of aromatic nitrogens is 2. The summed E-state index contributed by atoms with van der Waals surface area (Å²) in [6.45, 7) is 1.92. The highest BCUT2D eigenvalue weighted by molar-refractivity contribution is 7.89. The molecule has 2 unspecified atom stereocenters. The fraction of sp³-hybridized carbons (Fsp3) is 0.364. The molecule has 0 spiro atoms. The first-order valence-electron chi connectivity index (χ1n) is 10.1. The highest BCUT2D eigenvalue weighted by Crippen LogP contribution is 2.42. The van der Waals surface area contributed by atoms with E-state index >= 15 is 0 Å². The van der Waals surface area contributed by atoms with E-state index < -0.39 is 10.0 Å². The summed E-state index contributed by atoms with van der Waals surface area (Å²) < 4.78 is 47.5. The van der Waals surface area contributed by atoms with Crippen LogP contribution in [0.5, 0.6) is 0 Å². The van der Waals surface area contributed by atoms with E-state index in [2.05, 4.69) is 10.2 Å². The lowest BCUT2D eigenvalue weighted by molar-refractivity contribution is 0.307. The number of aryl methyl sites for hydroxylation is 2. The lowest BCUT2D eigenvalue weighted by atomic mass is 10.0.